The third-order valence-electron chi connectivity index (χ3n) is 5.81. The SMILES string of the molecule is CCOc1cccc2cc(-c3cc(=O)oc4cc(OCC(=O)c5ccc(OC)cc5)ccc34)c(=O)oc12. The zero-order chi connectivity index (χ0) is 25.9. The number of carbonyl (C=O) groups excluding carboxylic acids is 1. The van der Waals surface area contributed by atoms with Gasteiger partial charge in [-0.1, -0.05) is 12.1 Å². The smallest absolute Gasteiger partial charge is 0.344 e. The molecular weight excluding hydrogens is 476 g/mol. The molecule has 0 aliphatic rings. The Hall–Kier alpha value is -4.85. The number of para-hydroxylation sites is 1. The van der Waals surface area contributed by atoms with Crippen molar-refractivity contribution in [2.45, 2.75) is 6.92 Å². The Kier molecular flexibility index (Phi) is 6.47. The van der Waals surface area contributed by atoms with E-state index in [0.717, 1.165) is 0 Å². The van der Waals surface area contributed by atoms with Gasteiger partial charge in [0.1, 0.15) is 17.1 Å². The van der Waals surface area contributed by atoms with Crippen molar-refractivity contribution >= 4 is 27.7 Å². The summed E-state index contributed by atoms with van der Waals surface area (Å²) in [6, 6.07) is 19.8. The van der Waals surface area contributed by atoms with Crippen LogP contribution in [-0.4, -0.2) is 26.1 Å². The summed E-state index contributed by atoms with van der Waals surface area (Å²) in [5.41, 5.74) is 0.341. The minimum Gasteiger partial charge on any atom is -0.497 e. The Morgan fingerprint density at radius 2 is 1.62 bits per heavy atom. The predicted octanol–water partition coefficient (Wildman–Crippen LogP) is 5.24. The number of Topliss-reactive ketones (excluding diaryl/α,β-unsaturated/α-hetero) is 1. The van der Waals surface area contributed by atoms with Crippen LogP contribution in [0.5, 0.6) is 17.2 Å². The van der Waals surface area contributed by atoms with Gasteiger partial charge in [0.15, 0.2) is 23.7 Å². The van der Waals surface area contributed by atoms with Crippen LogP contribution in [0.15, 0.2) is 91.2 Å². The number of hydrogen-bond donors (Lipinski definition) is 0. The third-order valence-corrected chi connectivity index (χ3v) is 5.81. The molecule has 0 atom stereocenters. The van der Waals surface area contributed by atoms with Crippen LogP contribution in [0, 0.1) is 0 Å². The quantitative estimate of drug-likeness (QED) is 0.211. The van der Waals surface area contributed by atoms with Crippen LogP contribution in [0.2, 0.25) is 0 Å². The number of benzene rings is 3. The minimum absolute atomic E-state index is 0.208. The van der Waals surface area contributed by atoms with Crippen LogP contribution in [0.4, 0.5) is 0 Å². The Morgan fingerprint density at radius 1 is 0.838 bits per heavy atom. The number of ether oxygens (including phenoxy) is 3. The molecule has 5 aromatic rings. The maximum Gasteiger partial charge on any atom is 0.344 e. The van der Waals surface area contributed by atoms with Crippen molar-refractivity contribution in [1.29, 1.82) is 0 Å². The molecule has 0 bridgehead atoms. The standard InChI is InChI=1S/C29H22O8/c1-3-34-25-6-4-5-18-13-23(29(32)37-28(18)25)22-15-27(31)36-26-14-20(11-12-21(22)26)35-16-24(30)17-7-9-19(33-2)10-8-17/h4-15H,3,16H2,1-2H3. The molecule has 186 valence electrons. The second kappa shape index (κ2) is 10.0. The van der Waals surface area contributed by atoms with Gasteiger partial charge in [-0.25, -0.2) is 9.59 Å². The molecule has 0 amide bonds. The number of fused-ring (bicyclic) bond motifs is 2. The molecule has 8 heteroatoms. The van der Waals surface area contributed by atoms with Crippen LogP contribution >= 0.6 is 0 Å². The molecule has 0 saturated carbocycles. The molecule has 8 nitrogen and oxygen atoms in total. The first kappa shape index (κ1) is 23.9. The summed E-state index contributed by atoms with van der Waals surface area (Å²) in [5, 5.41) is 1.17. The Bertz CT molecular complexity index is 1730. The second-order valence-electron chi connectivity index (χ2n) is 8.13. The minimum atomic E-state index is -0.642. The Labute approximate surface area is 210 Å². The molecule has 0 N–H and O–H groups in total. The highest BCUT2D eigenvalue weighted by atomic mass is 16.5. The topological polar surface area (TPSA) is 105 Å². The zero-order valence-electron chi connectivity index (χ0n) is 20.1. The lowest BCUT2D eigenvalue weighted by Gasteiger charge is -2.10. The first-order valence-electron chi connectivity index (χ1n) is 11.5. The molecule has 0 spiro atoms. The van der Waals surface area contributed by atoms with E-state index in [4.69, 9.17) is 23.0 Å². The number of carbonyl (C=O) groups is 1. The number of ketones is 1. The van der Waals surface area contributed by atoms with E-state index in [1.807, 2.05) is 6.92 Å². The van der Waals surface area contributed by atoms with E-state index in [-0.39, 0.29) is 23.5 Å². The molecule has 0 radical (unpaired) electrons. The van der Waals surface area contributed by atoms with Crippen molar-refractivity contribution in [3.63, 3.8) is 0 Å². The van der Waals surface area contributed by atoms with Crippen molar-refractivity contribution in [2.75, 3.05) is 20.3 Å². The highest BCUT2D eigenvalue weighted by molar-refractivity contribution is 5.98. The lowest BCUT2D eigenvalue weighted by molar-refractivity contribution is 0.0921. The van der Waals surface area contributed by atoms with E-state index in [9.17, 15) is 14.4 Å². The van der Waals surface area contributed by atoms with Crippen LogP contribution in [0.25, 0.3) is 33.1 Å². The summed E-state index contributed by atoms with van der Waals surface area (Å²) in [5.74, 6) is 1.22. The number of rotatable bonds is 8. The van der Waals surface area contributed by atoms with Gasteiger partial charge in [-0.15, -0.1) is 0 Å². The first-order chi connectivity index (χ1) is 18.0. The fourth-order valence-electron chi connectivity index (χ4n) is 4.04. The van der Waals surface area contributed by atoms with Gasteiger partial charge in [-0.05, 0) is 55.5 Å². The van der Waals surface area contributed by atoms with Crippen LogP contribution in [0.1, 0.15) is 17.3 Å². The van der Waals surface area contributed by atoms with Crippen LogP contribution in [-0.2, 0) is 0 Å². The summed E-state index contributed by atoms with van der Waals surface area (Å²) < 4.78 is 27.3. The van der Waals surface area contributed by atoms with Gasteiger partial charge < -0.3 is 23.0 Å². The molecule has 0 saturated heterocycles. The molecule has 0 aliphatic carbocycles. The Morgan fingerprint density at radius 3 is 2.38 bits per heavy atom. The molecule has 37 heavy (non-hydrogen) atoms. The van der Waals surface area contributed by atoms with Crippen molar-refractivity contribution in [2.24, 2.45) is 0 Å². The predicted molar refractivity (Wildman–Crippen MR) is 138 cm³/mol. The summed E-state index contributed by atoms with van der Waals surface area (Å²) in [6.45, 7) is 2.05. The fraction of sp³-hybridized carbons (Fsp3) is 0.138. The van der Waals surface area contributed by atoms with Gasteiger partial charge in [0.25, 0.3) is 0 Å². The van der Waals surface area contributed by atoms with E-state index < -0.39 is 11.3 Å². The third kappa shape index (κ3) is 4.81. The monoisotopic (exact) mass is 498 g/mol. The molecule has 2 aromatic heterocycles. The van der Waals surface area contributed by atoms with E-state index in [2.05, 4.69) is 0 Å². The molecular formula is C29H22O8. The highest BCUT2D eigenvalue weighted by Crippen LogP contribution is 2.32. The van der Waals surface area contributed by atoms with Gasteiger partial charge in [0, 0.05) is 34.0 Å². The zero-order valence-corrected chi connectivity index (χ0v) is 20.1. The van der Waals surface area contributed by atoms with Crippen LogP contribution in [0.3, 0.4) is 0 Å². The van der Waals surface area contributed by atoms with Gasteiger partial charge in [0.2, 0.25) is 0 Å². The van der Waals surface area contributed by atoms with Gasteiger partial charge in [-0.2, -0.15) is 0 Å². The number of hydrogen-bond acceptors (Lipinski definition) is 8. The summed E-state index contributed by atoms with van der Waals surface area (Å²) in [6.07, 6.45) is 0. The molecule has 2 heterocycles. The van der Waals surface area contributed by atoms with Crippen molar-refractivity contribution in [1.82, 2.24) is 0 Å². The average molecular weight is 498 g/mol. The summed E-state index contributed by atoms with van der Waals surface area (Å²) >= 11 is 0. The largest absolute Gasteiger partial charge is 0.497 e. The highest BCUT2D eigenvalue weighted by Gasteiger charge is 2.16. The van der Waals surface area contributed by atoms with E-state index in [0.29, 0.717) is 51.3 Å². The Balaban J connectivity index is 1.47. The van der Waals surface area contributed by atoms with Crippen molar-refractivity contribution in [3.05, 3.63) is 99.2 Å². The van der Waals surface area contributed by atoms with Gasteiger partial charge in [-0.3, -0.25) is 4.79 Å². The average Bonchev–Trinajstić information content (AvgIpc) is 2.91. The van der Waals surface area contributed by atoms with Gasteiger partial charge in [0.05, 0.1) is 19.3 Å². The second-order valence-corrected chi connectivity index (χ2v) is 8.13. The molecule has 0 fully saturated rings. The fourth-order valence-corrected chi connectivity index (χ4v) is 4.04. The first-order valence-corrected chi connectivity index (χ1v) is 11.5. The van der Waals surface area contributed by atoms with Crippen LogP contribution < -0.4 is 25.5 Å². The maximum atomic E-state index is 12.9. The maximum absolute atomic E-state index is 12.9. The molecule has 0 aliphatic heterocycles. The summed E-state index contributed by atoms with van der Waals surface area (Å²) in [4.78, 5) is 37.8. The van der Waals surface area contributed by atoms with Crippen molar-refractivity contribution in [3.8, 4) is 28.4 Å². The van der Waals surface area contributed by atoms with E-state index in [1.54, 1.807) is 67.8 Å². The molecule has 0 unspecified atom stereocenters. The van der Waals surface area contributed by atoms with Crippen molar-refractivity contribution < 1.29 is 27.8 Å². The van der Waals surface area contributed by atoms with Gasteiger partial charge >= 0.3 is 11.3 Å². The van der Waals surface area contributed by atoms with E-state index in [1.165, 1.54) is 12.1 Å². The summed E-state index contributed by atoms with van der Waals surface area (Å²) in [7, 11) is 1.55. The lowest BCUT2D eigenvalue weighted by atomic mass is 10.0. The molecule has 3 aromatic carbocycles. The normalized spacial score (nSPS) is 11.0. The lowest BCUT2D eigenvalue weighted by Crippen LogP contribution is -2.11. The molecule has 5 rings (SSSR count). The van der Waals surface area contributed by atoms with E-state index >= 15 is 0 Å². The number of methoxy groups -OCH3 is 1.